The predicted octanol–water partition coefficient (Wildman–Crippen LogP) is 18.1. The molecule has 0 spiro atoms. The van der Waals surface area contributed by atoms with E-state index in [1.54, 1.807) is 6.07 Å². The Hall–Kier alpha value is -8.16. The molecule has 0 unspecified atom stereocenters. The Balaban J connectivity index is 0.000000357. The molecule has 2 aliphatic heterocycles. The van der Waals surface area contributed by atoms with Gasteiger partial charge in [-0.1, -0.05) is 149 Å². The third kappa shape index (κ3) is 8.48. The second kappa shape index (κ2) is 19.2. The predicted molar refractivity (Wildman–Crippen MR) is 358 cm³/mol. The molecule has 0 saturated heterocycles. The van der Waals surface area contributed by atoms with Gasteiger partial charge in [-0.05, 0) is 169 Å². The zero-order valence-electron chi connectivity index (χ0n) is 51.6. The Morgan fingerprint density at radius 3 is 1.62 bits per heavy atom. The minimum atomic E-state index is -0.275. The van der Waals surface area contributed by atoms with Gasteiger partial charge in [-0.2, -0.15) is 0 Å². The quantitative estimate of drug-likeness (QED) is 0.0983. The van der Waals surface area contributed by atoms with Gasteiger partial charge in [0.2, 0.25) is 0 Å². The van der Waals surface area contributed by atoms with Gasteiger partial charge in [-0.15, -0.1) is 59.5 Å². The molecule has 2 aliphatic rings. The van der Waals surface area contributed by atoms with Crippen LogP contribution < -0.4 is 16.4 Å². The first-order valence-corrected chi connectivity index (χ1v) is 30.1. The van der Waals surface area contributed by atoms with E-state index in [-0.39, 0.29) is 54.3 Å². The SMILES string of the molecule is CC(C)(C)c1ccc2c(c1)c1cc(C(C)(C)C)cc3c1n2-c1cc(-c2ccc4c5ccc[c-]c5c5nc6ccccc6n5c4c2)cc2c1B3c1cc(C(C)(C)C)cc3c4cc(C(C)(C)C)ccc4n-2c13.Cc1cnc(-c2[c-]cc(F)cc2)cc1C.[Ir]. The summed E-state index contributed by atoms with van der Waals surface area (Å²) in [6.07, 6.45) is 1.82. The van der Waals surface area contributed by atoms with E-state index in [1.165, 1.54) is 133 Å². The van der Waals surface area contributed by atoms with E-state index in [9.17, 15) is 4.39 Å². The summed E-state index contributed by atoms with van der Waals surface area (Å²) in [7, 11) is 0. The molecule has 5 nitrogen and oxygen atoms in total. The van der Waals surface area contributed by atoms with Crippen LogP contribution in [0.5, 0.6) is 0 Å². The molecule has 0 fully saturated rings. The first-order valence-electron chi connectivity index (χ1n) is 30.1. The molecule has 0 bridgehead atoms. The number of halogens is 1. The molecule has 0 aliphatic carbocycles. The maximum Gasteiger partial charge on any atom is 0.252 e. The number of rotatable bonds is 2. The van der Waals surface area contributed by atoms with Crippen molar-refractivity contribution >= 4 is 105 Å². The third-order valence-corrected chi connectivity index (χ3v) is 18.7. The van der Waals surface area contributed by atoms with Gasteiger partial charge in [0.15, 0.2) is 0 Å². The fourth-order valence-electron chi connectivity index (χ4n) is 13.8. The van der Waals surface area contributed by atoms with Crippen LogP contribution in [0.2, 0.25) is 0 Å². The monoisotopic (exact) mass is 1300 g/mol. The number of nitrogens with zero attached hydrogens (tertiary/aromatic N) is 5. The van der Waals surface area contributed by atoms with Crippen LogP contribution in [0.25, 0.3) is 116 Å². The number of hydrogen-bond acceptors (Lipinski definition) is 2. The summed E-state index contributed by atoms with van der Waals surface area (Å²) in [5.74, 6) is -0.275. The summed E-state index contributed by atoms with van der Waals surface area (Å²) in [6, 6.07) is 64.7. The van der Waals surface area contributed by atoms with E-state index in [0.29, 0.717) is 0 Å². The van der Waals surface area contributed by atoms with Crippen molar-refractivity contribution < 1.29 is 24.5 Å². The number of aryl methyl sites for hydroxylation is 2. The molecule has 0 N–H and O–H groups in total. The molecule has 0 atom stereocenters. The average molecular weight is 1300 g/mol. The van der Waals surface area contributed by atoms with E-state index in [0.717, 1.165) is 44.4 Å². The van der Waals surface area contributed by atoms with Crippen molar-refractivity contribution in [2.24, 2.45) is 0 Å². The average Bonchev–Trinajstić information content (AvgIpc) is 1.43. The summed E-state index contributed by atoms with van der Waals surface area (Å²) in [5.41, 5.74) is 27.7. The standard InChI is InChI=1S/C65H58BN4.C13H11FN.Ir/c1-62(2,3)38-22-25-52-45(30-38)47-32-40(64(7,8)9)34-49-59(47)68(52)56-28-37(36-21-24-43-42-17-13-14-18-44(42)61-67-51-19-15-16-20-54(51)70(61)55(43)27-36)29-57-58(56)66(49)50-35-41(65(10,11)12)33-48-46-31-39(63(4,5)6)23-26-53(46)69(57)60(48)50;1-9-7-13(15-8-10(9)2)11-3-5-12(14)6-4-11;/h13-17,19-35H,1-12H3;3,5-8H,1-2H3;/q2*-1;. The molecule has 0 amide bonds. The second-order valence-electron chi connectivity index (χ2n) is 28.4. The van der Waals surface area contributed by atoms with Crippen LogP contribution in [0.1, 0.15) is 116 Å². The molecule has 427 valence electrons. The van der Waals surface area contributed by atoms with Gasteiger partial charge < -0.3 is 18.5 Å². The summed E-state index contributed by atoms with van der Waals surface area (Å²) in [6.45, 7) is 32.4. The minimum Gasteiger partial charge on any atom is -0.333 e. The summed E-state index contributed by atoms with van der Waals surface area (Å²) >= 11 is 0. The van der Waals surface area contributed by atoms with E-state index in [2.05, 4.69) is 241 Å². The molecule has 5 aromatic heterocycles. The number of aromatic nitrogens is 5. The largest absolute Gasteiger partial charge is 0.333 e. The smallest absolute Gasteiger partial charge is 0.252 e. The molecule has 7 heterocycles. The first-order chi connectivity index (χ1) is 40.4. The van der Waals surface area contributed by atoms with Crippen LogP contribution in [-0.2, 0) is 41.8 Å². The molecule has 86 heavy (non-hydrogen) atoms. The molecular weight excluding hydrogens is 1230 g/mol. The molecular formula is C78H69BFIrN5-2. The number of hydrogen-bond donors (Lipinski definition) is 0. The van der Waals surface area contributed by atoms with Gasteiger partial charge in [0.25, 0.3) is 6.71 Å². The Morgan fingerprint density at radius 2 is 1.06 bits per heavy atom. The maximum absolute atomic E-state index is 12.7. The van der Waals surface area contributed by atoms with E-state index < -0.39 is 0 Å². The first kappa shape index (κ1) is 55.7. The molecule has 14 aromatic rings. The Bertz CT molecular complexity index is 5020. The summed E-state index contributed by atoms with van der Waals surface area (Å²) in [5, 5.41) is 8.73. The van der Waals surface area contributed by atoms with Crippen molar-refractivity contribution in [3.63, 3.8) is 0 Å². The topological polar surface area (TPSA) is 40.0 Å². The molecule has 0 saturated carbocycles. The van der Waals surface area contributed by atoms with Gasteiger partial charge in [0, 0.05) is 81.6 Å². The number of benzene rings is 9. The number of pyridine rings is 2. The van der Waals surface area contributed by atoms with E-state index >= 15 is 0 Å². The van der Waals surface area contributed by atoms with Crippen LogP contribution in [0.4, 0.5) is 4.39 Å². The van der Waals surface area contributed by atoms with Crippen LogP contribution in [0.3, 0.4) is 0 Å². The van der Waals surface area contributed by atoms with Gasteiger partial charge >= 0.3 is 0 Å². The van der Waals surface area contributed by atoms with Crippen molar-refractivity contribution in [1.82, 2.24) is 23.5 Å². The van der Waals surface area contributed by atoms with Crippen molar-refractivity contribution in [3.05, 3.63) is 215 Å². The number of fused-ring (bicyclic) bond motifs is 18. The minimum absolute atomic E-state index is 0. The van der Waals surface area contributed by atoms with Crippen LogP contribution in [-0.4, -0.2) is 30.2 Å². The van der Waals surface area contributed by atoms with E-state index in [4.69, 9.17) is 4.98 Å². The van der Waals surface area contributed by atoms with Crippen molar-refractivity contribution in [2.45, 2.75) is 119 Å². The fourth-order valence-corrected chi connectivity index (χ4v) is 13.8. The normalized spacial score (nSPS) is 13.2. The fraction of sp³-hybridized carbons (Fsp3) is 0.231. The molecule has 1 radical (unpaired) electrons. The molecule has 8 heteroatoms. The van der Waals surface area contributed by atoms with Crippen molar-refractivity contribution in [3.8, 4) is 33.8 Å². The Morgan fingerprint density at radius 1 is 0.477 bits per heavy atom. The van der Waals surface area contributed by atoms with Crippen LogP contribution in [0.15, 0.2) is 164 Å². The second-order valence-corrected chi connectivity index (χ2v) is 28.4. The third-order valence-electron chi connectivity index (χ3n) is 18.7. The zero-order chi connectivity index (χ0) is 59.1. The Kier molecular flexibility index (Phi) is 12.4. The zero-order valence-corrected chi connectivity index (χ0v) is 54.0. The van der Waals surface area contributed by atoms with Gasteiger partial charge in [-0.25, -0.2) is 0 Å². The molecule has 9 aromatic carbocycles. The molecule has 16 rings (SSSR count). The van der Waals surface area contributed by atoms with Crippen molar-refractivity contribution in [1.29, 1.82) is 0 Å². The maximum atomic E-state index is 12.7. The number of para-hydroxylation sites is 2. The van der Waals surface area contributed by atoms with Gasteiger partial charge in [0.1, 0.15) is 0 Å². The summed E-state index contributed by atoms with van der Waals surface area (Å²) < 4.78 is 20.4. The van der Waals surface area contributed by atoms with Gasteiger partial charge in [-0.3, -0.25) is 9.37 Å². The Labute approximate surface area is 517 Å². The van der Waals surface area contributed by atoms with Crippen molar-refractivity contribution in [2.75, 3.05) is 0 Å². The van der Waals surface area contributed by atoms with Crippen LogP contribution >= 0.6 is 0 Å². The summed E-state index contributed by atoms with van der Waals surface area (Å²) in [4.78, 5) is 9.52. The number of imidazole rings is 1. The van der Waals surface area contributed by atoms with Crippen LogP contribution in [0, 0.1) is 31.8 Å². The van der Waals surface area contributed by atoms with Gasteiger partial charge in [0.05, 0.1) is 27.7 Å². The van der Waals surface area contributed by atoms with E-state index in [1.807, 2.05) is 32.2 Å².